The fourth-order valence-corrected chi connectivity index (χ4v) is 2.31. The van der Waals surface area contributed by atoms with Gasteiger partial charge in [0.2, 0.25) is 11.5 Å². The zero-order chi connectivity index (χ0) is 13.1. The van der Waals surface area contributed by atoms with Crippen LogP contribution in [0.5, 0.6) is 0 Å². The van der Waals surface area contributed by atoms with Gasteiger partial charge in [-0.2, -0.15) is 8.57 Å². The molecule has 0 saturated heterocycles. The molecule has 0 fully saturated rings. The van der Waals surface area contributed by atoms with E-state index in [0.717, 1.165) is 17.2 Å². The maximum absolute atomic E-state index is 10.5. The lowest BCUT2D eigenvalue weighted by Crippen LogP contribution is -1.94. The molecule has 2 N–H and O–H groups in total. The molecule has 4 heteroatoms. The molecule has 0 heterocycles. The predicted molar refractivity (Wildman–Crippen MR) is 77.1 cm³/mol. The molecule has 0 aromatic heterocycles. The van der Waals surface area contributed by atoms with Gasteiger partial charge in [-0.3, -0.25) is 0 Å². The number of rotatable bonds is 3. The second-order valence-electron chi connectivity index (χ2n) is 4.86. The molecule has 3 nitrogen and oxygen atoms in total. The minimum absolute atomic E-state index is 0.187. The summed E-state index contributed by atoms with van der Waals surface area (Å²) in [5.74, 6) is 0.623. The van der Waals surface area contributed by atoms with Gasteiger partial charge in [-0.1, -0.05) is 32.0 Å². The Kier molecular flexibility index (Phi) is 3.77. The van der Waals surface area contributed by atoms with Crippen molar-refractivity contribution in [2.45, 2.75) is 20.3 Å². The Morgan fingerprint density at radius 2 is 2.00 bits per heavy atom. The van der Waals surface area contributed by atoms with Gasteiger partial charge >= 0.3 is 0 Å². The Bertz CT molecular complexity index is 631. The van der Waals surface area contributed by atoms with Crippen LogP contribution in [0.1, 0.15) is 19.4 Å². The fourth-order valence-electron chi connectivity index (χ4n) is 2.07. The van der Waals surface area contributed by atoms with Crippen LogP contribution < -0.4 is 5.73 Å². The first-order valence-electron chi connectivity index (χ1n) is 5.92. The second kappa shape index (κ2) is 5.31. The van der Waals surface area contributed by atoms with E-state index in [9.17, 15) is 4.21 Å². The molecule has 2 aromatic carbocycles. The van der Waals surface area contributed by atoms with E-state index in [-0.39, 0.29) is 11.5 Å². The van der Waals surface area contributed by atoms with Crippen LogP contribution in [-0.2, 0) is 17.9 Å². The molecular formula is C14H16N2OS. The summed E-state index contributed by atoms with van der Waals surface area (Å²) < 4.78 is 14.3. The van der Waals surface area contributed by atoms with Crippen LogP contribution in [0, 0.1) is 5.92 Å². The standard InChI is InChI=1S/C14H16N2OS/c1-9(2)5-10-3-4-11-7-13(15)14(16-18-17)8-12(11)6-10/h3-4,6-9H,5,15H2,1-2H3. The summed E-state index contributed by atoms with van der Waals surface area (Å²) in [6.07, 6.45) is 1.04. The minimum Gasteiger partial charge on any atom is -0.397 e. The number of anilines is 1. The highest BCUT2D eigenvalue weighted by molar-refractivity contribution is 7.54. The molecule has 0 amide bonds. The zero-order valence-electron chi connectivity index (χ0n) is 10.5. The maximum atomic E-state index is 10.5. The van der Waals surface area contributed by atoms with E-state index in [0.29, 0.717) is 17.3 Å². The number of fused-ring (bicyclic) bond motifs is 1. The number of nitrogen functional groups attached to an aromatic ring is 1. The van der Waals surface area contributed by atoms with Gasteiger partial charge in [-0.15, -0.1) is 0 Å². The SMILES string of the molecule is CC(C)Cc1ccc2cc(N)c(N=S=O)cc2c1. The Balaban J connectivity index is 2.54. The largest absolute Gasteiger partial charge is 0.397 e. The van der Waals surface area contributed by atoms with Gasteiger partial charge in [0.25, 0.3) is 0 Å². The molecule has 0 atom stereocenters. The molecule has 0 aliphatic heterocycles. The van der Waals surface area contributed by atoms with Gasteiger partial charge in [0.1, 0.15) is 5.69 Å². The third-order valence-corrected chi connectivity index (χ3v) is 3.10. The van der Waals surface area contributed by atoms with Crippen LogP contribution >= 0.6 is 0 Å². The molecule has 0 bridgehead atoms. The average molecular weight is 260 g/mol. The molecule has 0 saturated carbocycles. The van der Waals surface area contributed by atoms with E-state index in [1.807, 2.05) is 12.1 Å². The molecule has 0 aliphatic carbocycles. The molecule has 2 aromatic rings. The topological polar surface area (TPSA) is 55.4 Å². The van der Waals surface area contributed by atoms with E-state index in [1.54, 1.807) is 0 Å². The van der Waals surface area contributed by atoms with Crippen LogP contribution in [0.25, 0.3) is 10.8 Å². The molecule has 0 aliphatic rings. The zero-order valence-corrected chi connectivity index (χ0v) is 11.3. The Morgan fingerprint density at radius 3 is 2.67 bits per heavy atom. The van der Waals surface area contributed by atoms with E-state index in [2.05, 4.69) is 36.4 Å². The number of hydrogen-bond acceptors (Lipinski definition) is 3. The Morgan fingerprint density at radius 1 is 1.22 bits per heavy atom. The van der Waals surface area contributed by atoms with E-state index in [4.69, 9.17) is 5.73 Å². The van der Waals surface area contributed by atoms with Crippen molar-refractivity contribution in [2.24, 2.45) is 10.3 Å². The van der Waals surface area contributed by atoms with Crippen LogP contribution in [0.4, 0.5) is 11.4 Å². The summed E-state index contributed by atoms with van der Waals surface area (Å²) in [5, 5.41) is 2.16. The number of nitrogens with two attached hydrogens (primary N) is 1. The number of benzene rings is 2. The van der Waals surface area contributed by atoms with Crippen molar-refractivity contribution in [3.05, 3.63) is 35.9 Å². The first-order valence-corrected chi connectivity index (χ1v) is 6.62. The minimum atomic E-state index is 0.187. The molecular weight excluding hydrogens is 244 g/mol. The molecule has 94 valence electrons. The summed E-state index contributed by atoms with van der Waals surface area (Å²) in [4.78, 5) is 0. The fraction of sp³-hybridized carbons (Fsp3) is 0.286. The average Bonchev–Trinajstić information content (AvgIpc) is 2.30. The van der Waals surface area contributed by atoms with Crippen LogP contribution in [0.3, 0.4) is 0 Å². The molecule has 0 spiro atoms. The molecule has 0 unspecified atom stereocenters. The highest BCUT2D eigenvalue weighted by Gasteiger charge is 2.04. The van der Waals surface area contributed by atoms with Crippen LogP contribution in [0.15, 0.2) is 34.7 Å². The van der Waals surface area contributed by atoms with Crippen molar-refractivity contribution in [3.63, 3.8) is 0 Å². The van der Waals surface area contributed by atoms with Crippen molar-refractivity contribution in [1.29, 1.82) is 0 Å². The summed E-state index contributed by atoms with van der Waals surface area (Å²) in [6, 6.07) is 10.1. The van der Waals surface area contributed by atoms with Crippen LogP contribution in [0.2, 0.25) is 0 Å². The van der Waals surface area contributed by atoms with Gasteiger partial charge in [0.15, 0.2) is 0 Å². The molecule has 2 rings (SSSR count). The van der Waals surface area contributed by atoms with E-state index in [1.165, 1.54) is 5.56 Å². The second-order valence-corrected chi connectivity index (χ2v) is 5.19. The highest BCUT2D eigenvalue weighted by Crippen LogP contribution is 2.29. The lowest BCUT2D eigenvalue weighted by Gasteiger charge is -2.08. The van der Waals surface area contributed by atoms with Crippen molar-refractivity contribution in [3.8, 4) is 0 Å². The maximum Gasteiger partial charge on any atom is 0.205 e. The normalized spacial score (nSPS) is 10.8. The third-order valence-electron chi connectivity index (χ3n) is 2.83. The predicted octanol–water partition coefficient (Wildman–Crippen LogP) is 3.65. The molecule has 0 radical (unpaired) electrons. The first-order chi connectivity index (χ1) is 8.60. The Labute approximate surface area is 110 Å². The van der Waals surface area contributed by atoms with E-state index < -0.39 is 0 Å². The number of nitrogens with zero attached hydrogens (tertiary/aromatic N) is 1. The van der Waals surface area contributed by atoms with Crippen molar-refractivity contribution < 1.29 is 4.21 Å². The van der Waals surface area contributed by atoms with Gasteiger partial charge in [0.05, 0.1) is 5.69 Å². The number of hydrogen-bond donors (Lipinski definition) is 1. The van der Waals surface area contributed by atoms with Gasteiger partial charge in [-0.25, -0.2) is 0 Å². The van der Waals surface area contributed by atoms with Crippen molar-refractivity contribution in [1.82, 2.24) is 0 Å². The van der Waals surface area contributed by atoms with Gasteiger partial charge in [-0.05, 0) is 40.8 Å². The lowest BCUT2D eigenvalue weighted by molar-refractivity contribution is 0.648. The first kappa shape index (κ1) is 12.8. The summed E-state index contributed by atoms with van der Waals surface area (Å²) >= 11 is 0.187. The summed E-state index contributed by atoms with van der Waals surface area (Å²) in [5.41, 5.74) is 8.24. The van der Waals surface area contributed by atoms with E-state index >= 15 is 0 Å². The van der Waals surface area contributed by atoms with Crippen LogP contribution in [-0.4, -0.2) is 4.21 Å². The quantitative estimate of drug-likeness (QED) is 0.856. The highest BCUT2D eigenvalue weighted by atomic mass is 32.1. The smallest absolute Gasteiger partial charge is 0.205 e. The summed E-state index contributed by atoms with van der Waals surface area (Å²) in [6.45, 7) is 4.39. The monoisotopic (exact) mass is 260 g/mol. The lowest BCUT2D eigenvalue weighted by atomic mass is 9.99. The molecule has 18 heavy (non-hydrogen) atoms. The third kappa shape index (κ3) is 2.76. The van der Waals surface area contributed by atoms with Gasteiger partial charge < -0.3 is 5.73 Å². The summed E-state index contributed by atoms with van der Waals surface area (Å²) in [7, 11) is 0. The van der Waals surface area contributed by atoms with Crippen molar-refractivity contribution >= 4 is 33.6 Å². The van der Waals surface area contributed by atoms with Crippen molar-refractivity contribution in [2.75, 3.05) is 5.73 Å². The van der Waals surface area contributed by atoms with Gasteiger partial charge in [0, 0.05) is 0 Å². The Hall–Kier alpha value is -1.68.